The number of ether oxygens (including phenoxy) is 5. The van der Waals surface area contributed by atoms with Gasteiger partial charge in [0, 0.05) is 104 Å². The summed E-state index contributed by atoms with van der Waals surface area (Å²) in [6.45, 7) is 6.76. The Morgan fingerprint density at radius 3 is 2.13 bits per heavy atom. The maximum absolute atomic E-state index is 12.8. The lowest BCUT2D eigenvalue weighted by molar-refractivity contribution is -0.135. The van der Waals surface area contributed by atoms with Crippen molar-refractivity contribution in [2.75, 3.05) is 137 Å². The van der Waals surface area contributed by atoms with Gasteiger partial charge in [-0.25, -0.2) is 0 Å². The number of nitrogens with one attached hydrogen (secondary N) is 3. The molecule has 0 atom stereocenters. The van der Waals surface area contributed by atoms with Crippen LogP contribution in [-0.4, -0.2) is 197 Å². The summed E-state index contributed by atoms with van der Waals surface area (Å²) < 4.78 is 29.4. The fourth-order valence-corrected chi connectivity index (χ4v) is 9.26. The molecule has 388 valence electrons. The van der Waals surface area contributed by atoms with Gasteiger partial charge in [0.1, 0.15) is 13.2 Å². The number of carbonyl (C=O) groups excluding carboxylic acids is 5. The smallest absolute Gasteiger partial charge is 0.248 e. The van der Waals surface area contributed by atoms with E-state index in [1.54, 1.807) is 31.5 Å². The SMILES string of the molecule is CN(C)C/C=C/C(=O)N1CCN(c2ccc(CCNC(=O)CCOCCOCCOCCOCCOCCC(=O)NCCn3ccc(-c4cc(Cl)c(Cl)c5[nH]c6c(c45)CN(C(=O)CO)CC6)n3)s2)C(=O)C1. The van der Waals surface area contributed by atoms with Crippen LogP contribution in [0.5, 0.6) is 0 Å². The van der Waals surface area contributed by atoms with Crippen LogP contribution < -0.4 is 15.5 Å². The van der Waals surface area contributed by atoms with E-state index in [-0.39, 0.29) is 62.1 Å². The summed E-state index contributed by atoms with van der Waals surface area (Å²) in [5.41, 5.74) is 4.01. The largest absolute Gasteiger partial charge is 0.387 e. The molecule has 0 radical (unpaired) electrons. The predicted octanol–water partition coefficient (Wildman–Crippen LogP) is 2.91. The molecule has 0 aliphatic carbocycles. The maximum Gasteiger partial charge on any atom is 0.248 e. The van der Waals surface area contributed by atoms with Crippen LogP contribution in [0.1, 0.15) is 29.0 Å². The molecule has 1 fully saturated rings. The molecule has 5 heterocycles. The van der Waals surface area contributed by atoms with E-state index in [2.05, 4.69) is 15.6 Å². The van der Waals surface area contributed by atoms with Gasteiger partial charge in [0.15, 0.2) is 0 Å². The van der Waals surface area contributed by atoms with Crippen LogP contribution in [0, 0.1) is 0 Å². The second-order valence-corrected chi connectivity index (χ2v) is 18.9. The zero-order valence-corrected chi connectivity index (χ0v) is 42.7. The first-order valence-electron chi connectivity index (χ1n) is 23.8. The molecule has 3 aromatic heterocycles. The number of fused-ring (bicyclic) bond motifs is 3. The number of aliphatic hydroxyl groups excluding tert-OH is 1. The molecule has 20 nitrogen and oxygen atoms in total. The van der Waals surface area contributed by atoms with E-state index >= 15 is 0 Å². The number of likely N-dealkylation sites (N-methyl/N-ethyl adjacent to an activating group) is 1. The molecule has 5 amide bonds. The van der Waals surface area contributed by atoms with Gasteiger partial charge in [0.25, 0.3) is 0 Å². The topological polar surface area (TPSA) is 222 Å². The Hall–Kier alpha value is -4.94. The number of nitrogens with zero attached hydrogens (tertiary/aromatic N) is 6. The summed E-state index contributed by atoms with van der Waals surface area (Å²) in [6, 6.07) is 7.52. The standard InChI is InChI=1S/C48H65Cl2N9O11S/c1-55(2)14-3-4-42(63)57-18-19-59(43(64)32-57)45-6-5-34(71-45)7-12-51-40(61)10-20-66-22-24-68-26-28-70-29-27-69-25-23-67-21-11-41(62)52-13-17-58-16-9-39(54-58)35-30-37(49)47(50)48-46(35)36-31-56(44(65)33-60)15-8-38(36)53-48/h3-6,9,16,30,53,60H,7-8,10-15,17-29,31-33H2,1-2H3,(H,51,61)(H,52,62)/b4-3+. The molecule has 71 heavy (non-hydrogen) atoms. The van der Waals surface area contributed by atoms with E-state index < -0.39 is 6.61 Å². The second kappa shape index (κ2) is 28.9. The monoisotopic (exact) mass is 1050 g/mol. The van der Waals surface area contributed by atoms with Crippen LogP contribution in [0.25, 0.3) is 22.2 Å². The van der Waals surface area contributed by atoms with Gasteiger partial charge in [-0.3, -0.25) is 28.7 Å². The van der Waals surface area contributed by atoms with Gasteiger partial charge in [-0.15, -0.1) is 11.3 Å². The Kier molecular flexibility index (Phi) is 22.6. The number of aromatic nitrogens is 3. The molecule has 0 saturated carbocycles. The fraction of sp³-hybridized carbons (Fsp3) is 0.542. The summed E-state index contributed by atoms with van der Waals surface area (Å²) in [6.07, 6.45) is 6.82. The van der Waals surface area contributed by atoms with Crippen LogP contribution in [-0.2, 0) is 73.6 Å². The number of anilines is 1. The van der Waals surface area contributed by atoms with Crippen molar-refractivity contribution in [3.8, 4) is 11.3 Å². The lowest BCUT2D eigenvalue weighted by Crippen LogP contribution is -2.51. The number of hydrogen-bond acceptors (Lipinski definition) is 14. The lowest BCUT2D eigenvalue weighted by Gasteiger charge is -2.33. The molecule has 4 N–H and O–H groups in total. The van der Waals surface area contributed by atoms with Crippen LogP contribution in [0.15, 0.2) is 42.6 Å². The van der Waals surface area contributed by atoms with Crippen molar-refractivity contribution < 1.29 is 52.8 Å². The van der Waals surface area contributed by atoms with Gasteiger partial charge in [0.05, 0.1) is 98.9 Å². The van der Waals surface area contributed by atoms with E-state index in [4.69, 9.17) is 52.0 Å². The van der Waals surface area contributed by atoms with Crippen LogP contribution in [0.4, 0.5) is 5.00 Å². The van der Waals surface area contributed by atoms with Crippen LogP contribution in [0.2, 0.25) is 10.0 Å². The van der Waals surface area contributed by atoms with Crippen molar-refractivity contribution in [2.45, 2.75) is 38.8 Å². The molecule has 2 aliphatic heterocycles. The molecule has 0 bridgehead atoms. The van der Waals surface area contributed by atoms with E-state index in [1.807, 2.05) is 43.4 Å². The molecule has 6 rings (SSSR count). The van der Waals surface area contributed by atoms with Crippen molar-refractivity contribution in [2.24, 2.45) is 0 Å². The minimum absolute atomic E-state index is 0.0505. The normalized spacial score (nSPS) is 14.1. The average Bonchev–Trinajstić information content (AvgIpc) is 4.13. The molecule has 1 aromatic carbocycles. The summed E-state index contributed by atoms with van der Waals surface area (Å²) in [7, 11) is 3.85. The number of aromatic amines is 1. The van der Waals surface area contributed by atoms with Crippen molar-refractivity contribution in [1.82, 2.24) is 40.1 Å². The lowest BCUT2D eigenvalue weighted by atomic mass is 9.99. The summed E-state index contributed by atoms with van der Waals surface area (Å²) >= 11 is 14.6. The quantitative estimate of drug-likeness (QED) is 0.0437. The number of benzene rings is 1. The Morgan fingerprint density at radius 2 is 1.49 bits per heavy atom. The number of piperazine rings is 1. The van der Waals surface area contributed by atoms with Gasteiger partial charge < -0.3 is 64.0 Å². The highest BCUT2D eigenvalue weighted by Crippen LogP contribution is 2.42. The van der Waals surface area contributed by atoms with E-state index in [0.29, 0.717) is 139 Å². The first kappa shape index (κ1) is 55.4. The van der Waals surface area contributed by atoms with Crippen LogP contribution >= 0.6 is 34.5 Å². The van der Waals surface area contributed by atoms with Crippen molar-refractivity contribution in [1.29, 1.82) is 0 Å². The predicted molar refractivity (Wildman–Crippen MR) is 270 cm³/mol. The number of aliphatic hydroxyl groups is 1. The molecule has 4 aromatic rings. The third-order valence-electron chi connectivity index (χ3n) is 11.5. The van der Waals surface area contributed by atoms with Gasteiger partial charge in [0.2, 0.25) is 29.5 Å². The molecule has 1 saturated heterocycles. The zero-order chi connectivity index (χ0) is 50.5. The Labute approximate surface area is 427 Å². The third-order valence-corrected chi connectivity index (χ3v) is 13.5. The van der Waals surface area contributed by atoms with E-state index in [1.165, 1.54) is 17.4 Å². The highest BCUT2D eigenvalue weighted by Gasteiger charge is 2.29. The number of hydrogen-bond donors (Lipinski definition) is 4. The van der Waals surface area contributed by atoms with Crippen molar-refractivity contribution >= 4 is 80.0 Å². The van der Waals surface area contributed by atoms with E-state index in [0.717, 1.165) is 32.1 Å². The first-order valence-corrected chi connectivity index (χ1v) is 25.3. The molecule has 0 spiro atoms. The van der Waals surface area contributed by atoms with Gasteiger partial charge >= 0.3 is 0 Å². The highest BCUT2D eigenvalue weighted by atomic mass is 35.5. The Balaban J connectivity index is 0.709. The minimum atomic E-state index is -0.552. The number of halogens is 2. The third kappa shape index (κ3) is 17.1. The number of H-pyrrole nitrogens is 1. The molecular weight excluding hydrogens is 982 g/mol. The molecule has 0 unspecified atom stereocenters. The summed E-state index contributed by atoms with van der Waals surface area (Å²) in [5.74, 6) is -0.846. The number of carbonyl (C=O) groups is 5. The van der Waals surface area contributed by atoms with Gasteiger partial charge in [-0.1, -0.05) is 29.3 Å². The molecular formula is C48H65Cl2N9O11S. The summed E-state index contributed by atoms with van der Waals surface area (Å²) in [5, 5.41) is 22.4. The Morgan fingerprint density at radius 1 is 0.845 bits per heavy atom. The first-order chi connectivity index (χ1) is 34.4. The van der Waals surface area contributed by atoms with Gasteiger partial charge in [-0.05, 0) is 44.8 Å². The van der Waals surface area contributed by atoms with Gasteiger partial charge in [-0.2, -0.15) is 5.10 Å². The Bertz CT molecular complexity index is 2430. The number of thiophene rings is 1. The highest BCUT2D eigenvalue weighted by molar-refractivity contribution is 7.16. The number of amides is 5. The minimum Gasteiger partial charge on any atom is -0.387 e. The molecule has 2 aliphatic rings. The fourth-order valence-electron chi connectivity index (χ4n) is 7.82. The van der Waals surface area contributed by atoms with E-state index in [9.17, 15) is 29.1 Å². The second-order valence-electron chi connectivity index (χ2n) is 17.0. The molecule has 23 heteroatoms. The average molecular weight is 1050 g/mol. The van der Waals surface area contributed by atoms with Crippen molar-refractivity contribution in [3.05, 3.63) is 68.8 Å². The zero-order valence-electron chi connectivity index (χ0n) is 40.4. The maximum atomic E-state index is 12.8. The van der Waals surface area contributed by atoms with Crippen molar-refractivity contribution in [3.63, 3.8) is 0 Å². The van der Waals surface area contributed by atoms with Crippen LogP contribution in [0.3, 0.4) is 0 Å². The summed E-state index contributed by atoms with van der Waals surface area (Å²) in [4.78, 5) is 73.5. The number of rotatable bonds is 30.